The largest absolute Gasteiger partial charge is 0.471 e. The van der Waals surface area contributed by atoms with Crippen molar-refractivity contribution in [3.63, 3.8) is 0 Å². The molecule has 0 aromatic carbocycles. The Kier molecular flexibility index (Phi) is 4.58. The first-order valence-corrected chi connectivity index (χ1v) is 9.24. The molecule has 0 N–H and O–H groups in total. The van der Waals surface area contributed by atoms with Gasteiger partial charge in [-0.05, 0) is 25.1 Å². The fourth-order valence-corrected chi connectivity index (χ4v) is 3.79. The van der Waals surface area contributed by atoms with E-state index in [-0.39, 0.29) is 24.9 Å². The number of halogens is 3. The van der Waals surface area contributed by atoms with Crippen molar-refractivity contribution in [3.05, 3.63) is 59.0 Å². The molecule has 1 saturated heterocycles. The van der Waals surface area contributed by atoms with Crippen molar-refractivity contribution in [2.75, 3.05) is 13.1 Å². The first-order valence-electron chi connectivity index (χ1n) is 8.42. The van der Waals surface area contributed by atoms with E-state index in [1.807, 2.05) is 29.1 Å². The van der Waals surface area contributed by atoms with Crippen LogP contribution in [0, 0.1) is 6.92 Å². The van der Waals surface area contributed by atoms with Gasteiger partial charge in [0.15, 0.2) is 5.13 Å². The first-order chi connectivity index (χ1) is 13.3. The van der Waals surface area contributed by atoms with E-state index in [9.17, 15) is 18.0 Å². The SMILES string of the molecule is Cc1nc(-n2cccc2)sc1C(=O)N1CC(Oc2cccc(C(F)(F)F)n2)C1. The summed E-state index contributed by atoms with van der Waals surface area (Å²) in [4.78, 5) is 22.7. The second-order valence-corrected chi connectivity index (χ2v) is 7.29. The highest BCUT2D eigenvalue weighted by Gasteiger charge is 2.36. The standard InChI is InChI=1S/C18H15F3N4O2S/c1-11-15(28-17(22-11)24-7-2-3-8-24)16(26)25-9-12(10-25)27-14-6-4-5-13(23-14)18(19,20)21/h2-8,12H,9-10H2,1H3. The smallest absolute Gasteiger partial charge is 0.433 e. The minimum absolute atomic E-state index is 0.101. The van der Waals surface area contributed by atoms with Crippen molar-refractivity contribution < 1.29 is 22.7 Å². The molecule has 4 rings (SSSR count). The fourth-order valence-electron chi connectivity index (χ4n) is 2.78. The summed E-state index contributed by atoms with van der Waals surface area (Å²) in [5.74, 6) is -0.263. The van der Waals surface area contributed by atoms with Crippen molar-refractivity contribution in [1.29, 1.82) is 0 Å². The topological polar surface area (TPSA) is 60.2 Å². The molecule has 28 heavy (non-hydrogen) atoms. The molecule has 3 aromatic heterocycles. The fraction of sp³-hybridized carbons (Fsp3) is 0.278. The Balaban J connectivity index is 1.39. The zero-order chi connectivity index (χ0) is 19.9. The Morgan fingerprint density at radius 3 is 2.57 bits per heavy atom. The van der Waals surface area contributed by atoms with Gasteiger partial charge in [0.05, 0.1) is 18.8 Å². The third-order valence-electron chi connectivity index (χ3n) is 4.24. The molecule has 1 aliphatic rings. The van der Waals surface area contributed by atoms with E-state index in [4.69, 9.17) is 4.74 Å². The molecule has 3 aromatic rings. The highest BCUT2D eigenvalue weighted by atomic mass is 32.1. The average molecular weight is 408 g/mol. The van der Waals surface area contributed by atoms with Crippen LogP contribution in [-0.4, -0.2) is 44.5 Å². The van der Waals surface area contributed by atoms with E-state index >= 15 is 0 Å². The van der Waals surface area contributed by atoms with Crippen LogP contribution in [0.4, 0.5) is 13.2 Å². The number of rotatable bonds is 4. The predicted molar refractivity (Wildman–Crippen MR) is 95.7 cm³/mol. The van der Waals surface area contributed by atoms with Crippen LogP contribution in [-0.2, 0) is 6.18 Å². The van der Waals surface area contributed by atoms with Crippen molar-refractivity contribution in [2.45, 2.75) is 19.2 Å². The van der Waals surface area contributed by atoms with Crippen LogP contribution in [0.15, 0.2) is 42.7 Å². The molecular weight excluding hydrogens is 393 g/mol. The highest BCUT2D eigenvalue weighted by Crippen LogP contribution is 2.30. The third-order valence-corrected chi connectivity index (χ3v) is 5.40. The molecule has 0 atom stereocenters. The molecule has 0 unspecified atom stereocenters. The summed E-state index contributed by atoms with van der Waals surface area (Å²) < 4.78 is 45.5. The third kappa shape index (κ3) is 3.59. The minimum Gasteiger partial charge on any atom is -0.471 e. The molecule has 1 fully saturated rings. The summed E-state index contributed by atoms with van der Waals surface area (Å²) in [5.41, 5.74) is -0.363. The molecule has 0 aliphatic carbocycles. The van der Waals surface area contributed by atoms with Crippen LogP contribution >= 0.6 is 11.3 Å². The zero-order valence-corrected chi connectivity index (χ0v) is 15.5. The lowest BCUT2D eigenvalue weighted by Gasteiger charge is -2.38. The number of thiazole rings is 1. The van der Waals surface area contributed by atoms with Gasteiger partial charge in [-0.3, -0.25) is 4.79 Å². The Hall–Kier alpha value is -2.88. The van der Waals surface area contributed by atoms with E-state index < -0.39 is 18.0 Å². The Labute approximate surface area is 162 Å². The number of hydrogen-bond acceptors (Lipinski definition) is 5. The number of nitrogens with zero attached hydrogens (tertiary/aromatic N) is 4. The van der Waals surface area contributed by atoms with Gasteiger partial charge in [0.1, 0.15) is 16.7 Å². The van der Waals surface area contributed by atoms with Crippen LogP contribution in [0.1, 0.15) is 21.1 Å². The molecule has 6 nitrogen and oxygen atoms in total. The van der Waals surface area contributed by atoms with E-state index in [2.05, 4.69) is 9.97 Å². The second kappa shape index (κ2) is 6.93. The van der Waals surface area contributed by atoms with Crippen molar-refractivity contribution >= 4 is 17.2 Å². The van der Waals surface area contributed by atoms with Crippen LogP contribution in [0.5, 0.6) is 5.88 Å². The minimum atomic E-state index is -4.53. The van der Waals surface area contributed by atoms with Crippen molar-refractivity contribution in [3.8, 4) is 11.0 Å². The molecule has 10 heteroatoms. The van der Waals surface area contributed by atoms with Crippen molar-refractivity contribution in [1.82, 2.24) is 19.4 Å². The highest BCUT2D eigenvalue weighted by molar-refractivity contribution is 7.16. The van der Waals surface area contributed by atoms with Gasteiger partial charge >= 0.3 is 6.18 Å². The number of carbonyl (C=O) groups is 1. The van der Waals surface area contributed by atoms with E-state index in [0.29, 0.717) is 15.7 Å². The maximum absolute atomic E-state index is 12.7. The van der Waals surface area contributed by atoms with Gasteiger partial charge in [0.2, 0.25) is 5.88 Å². The predicted octanol–water partition coefficient (Wildman–Crippen LogP) is 3.56. The summed E-state index contributed by atoms with van der Waals surface area (Å²) in [5, 5.41) is 0.701. The molecule has 1 aliphatic heterocycles. The summed E-state index contributed by atoms with van der Waals surface area (Å²) >= 11 is 1.30. The lowest BCUT2D eigenvalue weighted by molar-refractivity contribution is -0.141. The molecule has 0 spiro atoms. The van der Waals surface area contributed by atoms with Crippen LogP contribution in [0.25, 0.3) is 5.13 Å². The van der Waals surface area contributed by atoms with Gasteiger partial charge < -0.3 is 14.2 Å². The van der Waals surface area contributed by atoms with Gasteiger partial charge in [-0.2, -0.15) is 13.2 Å². The number of ether oxygens (including phenoxy) is 1. The van der Waals surface area contributed by atoms with Gasteiger partial charge in [-0.1, -0.05) is 17.4 Å². The van der Waals surface area contributed by atoms with Gasteiger partial charge in [-0.25, -0.2) is 9.97 Å². The van der Waals surface area contributed by atoms with Crippen LogP contribution in [0.3, 0.4) is 0 Å². The molecule has 0 saturated carbocycles. The summed E-state index contributed by atoms with van der Waals surface area (Å²) in [6, 6.07) is 7.25. The quantitative estimate of drug-likeness (QED) is 0.662. The van der Waals surface area contributed by atoms with E-state index in [1.165, 1.54) is 23.5 Å². The number of aryl methyl sites for hydroxylation is 1. The Morgan fingerprint density at radius 2 is 1.89 bits per heavy atom. The van der Waals surface area contributed by atoms with Crippen LogP contribution < -0.4 is 4.74 Å². The number of likely N-dealkylation sites (tertiary alicyclic amines) is 1. The average Bonchev–Trinajstić information content (AvgIpc) is 3.26. The monoisotopic (exact) mass is 408 g/mol. The lowest BCUT2D eigenvalue weighted by atomic mass is 10.1. The summed E-state index contributed by atoms with van der Waals surface area (Å²) in [6.45, 7) is 2.34. The maximum Gasteiger partial charge on any atom is 0.433 e. The van der Waals surface area contributed by atoms with Crippen LogP contribution in [0.2, 0.25) is 0 Å². The van der Waals surface area contributed by atoms with E-state index in [0.717, 1.165) is 6.07 Å². The number of hydrogen-bond donors (Lipinski definition) is 0. The molecule has 0 bridgehead atoms. The maximum atomic E-state index is 12.7. The number of pyridine rings is 1. The van der Waals surface area contributed by atoms with Crippen molar-refractivity contribution in [2.24, 2.45) is 0 Å². The number of aromatic nitrogens is 3. The number of carbonyl (C=O) groups excluding carboxylic acids is 1. The second-order valence-electron chi connectivity index (χ2n) is 6.31. The Bertz CT molecular complexity index is 995. The molecule has 146 valence electrons. The first kappa shape index (κ1) is 18.5. The number of alkyl halides is 3. The molecule has 1 amide bonds. The lowest BCUT2D eigenvalue weighted by Crippen LogP contribution is -2.56. The summed E-state index contributed by atoms with van der Waals surface area (Å²) in [6.07, 6.45) is -1.22. The van der Waals surface area contributed by atoms with Gasteiger partial charge in [-0.15, -0.1) is 0 Å². The number of amides is 1. The Morgan fingerprint density at radius 1 is 1.18 bits per heavy atom. The molecule has 0 radical (unpaired) electrons. The van der Waals surface area contributed by atoms with Gasteiger partial charge in [0, 0.05) is 18.5 Å². The summed E-state index contributed by atoms with van der Waals surface area (Å²) in [7, 11) is 0. The van der Waals surface area contributed by atoms with E-state index in [1.54, 1.807) is 11.8 Å². The normalized spacial score (nSPS) is 14.8. The van der Waals surface area contributed by atoms with Gasteiger partial charge in [0.25, 0.3) is 5.91 Å². The molecule has 4 heterocycles. The molecular formula is C18H15F3N4O2S. The zero-order valence-electron chi connectivity index (χ0n) is 14.7.